The van der Waals surface area contributed by atoms with E-state index >= 15 is 0 Å². The molecule has 4 aromatic carbocycles. The Hall–Kier alpha value is -8.93. The van der Waals surface area contributed by atoms with E-state index in [1.807, 2.05) is 38.1 Å². The van der Waals surface area contributed by atoms with E-state index in [0.717, 1.165) is 95.4 Å². The van der Waals surface area contributed by atoms with Crippen LogP contribution in [0.4, 0.5) is 76.2 Å². The fraction of sp³-hybridized carbons (Fsp3) is 0.406. The van der Waals surface area contributed by atoms with Crippen LogP contribution in [-0.2, 0) is 83.7 Å². The molecule has 18 nitrogen and oxygen atoms in total. The van der Waals surface area contributed by atoms with Gasteiger partial charge in [0.2, 0.25) is 34.9 Å². The lowest BCUT2D eigenvalue weighted by atomic mass is 9.91. The van der Waals surface area contributed by atoms with Crippen LogP contribution in [0.5, 0.6) is 0 Å². The van der Waals surface area contributed by atoms with Crippen LogP contribution in [0.2, 0.25) is 0 Å². The molecule has 0 radical (unpaired) electrons. The number of carbonyl (C=O) groups excluding carboxylic acids is 4. The summed E-state index contributed by atoms with van der Waals surface area (Å²) in [7, 11) is 3.26. The Labute approximate surface area is 541 Å². The maximum Gasteiger partial charge on any atom is 0.416 e. The lowest BCUT2D eigenvalue weighted by Gasteiger charge is -2.29. The number of nitrogens with one attached hydrogen (secondary N) is 5. The molecule has 508 valence electrons. The van der Waals surface area contributed by atoms with Gasteiger partial charge >= 0.3 is 24.7 Å². The van der Waals surface area contributed by atoms with Crippen molar-refractivity contribution in [2.75, 3.05) is 21.3 Å². The third kappa shape index (κ3) is 19.2. The molecular formula is C64H67ClF12N14O4. The minimum atomic E-state index is -4.94. The van der Waals surface area contributed by atoms with Gasteiger partial charge in [0, 0.05) is 98.5 Å². The number of alkyl halides is 12. The van der Waals surface area contributed by atoms with Crippen molar-refractivity contribution in [2.24, 2.45) is 19.8 Å². The standard InChI is InChI=1S/C32H33F6N7O2.C30H31F6N7O.C2H3ClO/c1-4-18-11-20(12-21-16-39-30(43-29(18)21)41-24-8-6-23(7-9-24)40-17(2)46)26-15-27(44-45(26)3)42-28(47)14-19-13-22(31(33,34)35)5-10-25(19)32(36,37)38;1-3-16-10-18(11-19-15-38-28(41-27(16)19)39-22-7-5-21(37)6-8-22)24-14-25(42-43(24)2)40-26(44)13-17-12-20(29(31,32)33)4-9-23(17)30(34,35)36;1-2(3)4/h5,10-13,15-16,23-24H,4,6-9,14H2,1-3H3,(H,40,46)(H,39,41,43)(H,42,44,47);4,9-12,14-15,21-22H,3,5-8,13,37H2,1-2H3,(H,38,39,41)(H,40,42,44);1H3. The molecule has 31 heteroatoms. The molecule has 95 heavy (non-hydrogen) atoms. The third-order valence-corrected chi connectivity index (χ3v) is 15.9. The number of nitrogens with zero attached hydrogens (tertiary/aromatic N) is 8. The molecule has 10 rings (SSSR count). The summed E-state index contributed by atoms with van der Waals surface area (Å²) in [5.41, 5.74) is 5.30. The first kappa shape index (κ1) is 71.9. The molecule has 2 aliphatic carbocycles. The largest absolute Gasteiger partial charge is 0.416 e. The van der Waals surface area contributed by atoms with Crippen molar-refractivity contribution in [3.05, 3.63) is 130 Å². The van der Waals surface area contributed by atoms with E-state index in [0.29, 0.717) is 72.5 Å². The zero-order valence-corrected chi connectivity index (χ0v) is 52.8. The molecule has 0 aliphatic heterocycles. The number of fused-ring (bicyclic) bond motifs is 2. The van der Waals surface area contributed by atoms with Crippen LogP contribution in [0.3, 0.4) is 0 Å². The van der Waals surface area contributed by atoms with E-state index in [9.17, 15) is 71.9 Å². The Kier molecular flexibility index (Phi) is 22.5. The quantitative estimate of drug-likeness (QED) is 0.0414. The van der Waals surface area contributed by atoms with E-state index < -0.39 is 82.7 Å². The third-order valence-electron chi connectivity index (χ3n) is 15.9. The summed E-state index contributed by atoms with van der Waals surface area (Å²) >= 11 is 4.64. The molecule has 2 fully saturated rings. The van der Waals surface area contributed by atoms with Crippen LogP contribution in [-0.4, -0.2) is 86.6 Å². The minimum Gasteiger partial charge on any atom is -0.354 e. The molecular weight excluding hydrogens is 1290 g/mol. The molecule has 2 saturated carbocycles. The SMILES string of the molecule is CC(=O)Cl.CCc1cc(-c2cc(NC(=O)Cc3cc(C(F)(F)F)ccc3C(F)(F)F)nn2C)cc2cnc(NC3CCC(N)CC3)nc12.CCc1cc(-c2cc(NC(=O)Cc3cc(C(F)(F)F)ccc3C(F)(F)F)nn2C)cc2cnc(NC3CCC(NC(C)=O)CC3)nc12. The molecule has 0 unspecified atom stereocenters. The molecule has 2 aliphatic rings. The van der Waals surface area contributed by atoms with Crippen LogP contribution in [0, 0.1) is 0 Å². The van der Waals surface area contributed by atoms with E-state index in [1.165, 1.54) is 29.3 Å². The van der Waals surface area contributed by atoms with Gasteiger partial charge in [-0.05, 0) is 159 Å². The monoisotopic (exact) mass is 1360 g/mol. The molecule has 4 heterocycles. The van der Waals surface area contributed by atoms with Crippen molar-refractivity contribution < 1.29 is 71.9 Å². The van der Waals surface area contributed by atoms with Crippen molar-refractivity contribution in [3.8, 4) is 22.5 Å². The number of hydrogen-bond donors (Lipinski definition) is 6. The summed E-state index contributed by atoms with van der Waals surface area (Å²) in [5, 5.41) is 24.3. The highest BCUT2D eigenvalue weighted by Gasteiger charge is 2.39. The number of nitrogens with two attached hydrogens (primary N) is 1. The van der Waals surface area contributed by atoms with Crippen molar-refractivity contribution in [1.82, 2.24) is 44.8 Å². The van der Waals surface area contributed by atoms with Crippen LogP contribution < -0.4 is 32.3 Å². The Morgan fingerprint density at radius 1 is 0.526 bits per heavy atom. The molecule has 0 spiro atoms. The Balaban J connectivity index is 0.000000231. The number of aromatic nitrogens is 8. The Bertz CT molecular complexity index is 4090. The van der Waals surface area contributed by atoms with Crippen molar-refractivity contribution in [3.63, 3.8) is 0 Å². The van der Waals surface area contributed by atoms with Gasteiger partial charge < -0.3 is 32.3 Å². The first-order valence-corrected chi connectivity index (χ1v) is 30.5. The second-order valence-electron chi connectivity index (χ2n) is 23.1. The van der Waals surface area contributed by atoms with Crippen LogP contribution in [0.1, 0.15) is 124 Å². The lowest BCUT2D eigenvalue weighted by molar-refractivity contribution is -0.142. The summed E-state index contributed by atoms with van der Waals surface area (Å²) in [6, 6.07) is 13.6. The van der Waals surface area contributed by atoms with Crippen LogP contribution in [0.15, 0.2) is 85.2 Å². The lowest BCUT2D eigenvalue weighted by Crippen LogP contribution is -2.39. The van der Waals surface area contributed by atoms with Gasteiger partial charge in [0.05, 0.1) is 57.5 Å². The fourth-order valence-electron chi connectivity index (χ4n) is 11.4. The van der Waals surface area contributed by atoms with Crippen LogP contribution >= 0.6 is 11.6 Å². The van der Waals surface area contributed by atoms with Gasteiger partial charge in [-0.1, -0.05) is 13.8 Å². The topological polar surface area (TPSA) is 242 Å². The van der Waals surface area contributed by atoms with Crippen LogP contribution in [0.25, 0.3) is 44.3 Å². The normalized spacial score (nSPS) is 16.8. The first-order chi connectivity index (χ1) is 44.5. The average Bonchev–Trinajstić information content (AvgIpc) is 1.78. The van der Waals surface area contributed by atoms with Gasteiger partial charge in [-0.2, -0.15) is 62.9 Å². The Morgan fingerprint density at radius 3 is 1.24 bits per heavy atom. The van der Waals surface area contributed by atoms with Gasteiger partial charge in [0.25, 0.3) is 0 Å². The van der Waals surface area contributed by atoms with Crippen molar-refractivity contribution in [2.45, 2.75) is 154 Å². The number of halogens is 13. The smallest absolute Gasteiger partial charge is 0.354 e. The van der Waals surface area contributed by atoms with E-state index in [4.69, 9.17) is 15.7 Å². The molecule has 4 aromatic heterocycles. The van der Waals surface area contributed by atoms with Gasteiger partial charge in [-0.25, -0.2) is 19.9 Å². The van der Waals surface area contributed by atoms with E-state index in [1.54, 1.807) is 32.6 Å². The number of carbonyl (C=O) groups is 4. The minimum absolute atomic E-state index is 0.0233. The number of hydrogen-bond acceptors (Lipinski definition) is 13. The van der Waals surface area contributed by atoms with Crippen molar-refractivity contribution >= 4 is 79.9 Å². The number of benzene rings is 4. The first-order valence-electron chi connectivity index (χ1n) is 30.1. The zero-order valence-electron chi connectivity index (χ0n) is 52.1. The highest BCUT2D eigenvalue weighted by atomic mass is 35.5. The number of aryl methyl sites for hydroxylation is 4. The predicted molar refractivity (Wildman–Crippen MR) is 334 cm³/mol. The highest BCUT2D eigenvalue weighted by Crippen LogP contribution is 2.40. The summed E-state index contributed by atoms with van der Waals surface area (Å²) in [6.45, 7) is 6.78. The summed E-state index contributed by atoms with van der Waals surface area (Å²) in [6.07, 6.45) is -9.48. The second-order valence-corrected chi connectivity index (χ2v) is 23.7. The Morgan fingerprint density at radius 2 is 0.895 bits per heavy atom. The highest BCUT2D eigenvalue weighted by molar-refractivity contribution is 6.62. The van der Waals surface area contributed by atoms with Gasteiger partial charge in [-0.15, -0.1) is 0 Å². The second kappa shape index (κ2) is 29.8. The maximum atomic E-state index is 13.5. The number of rotatable bonds is 15. The van der Waals surface area contributed by atoms with Gasteiger partial charge in [-0.3, -0.25) is 28.5 Å². The molecule has 3 amide bonds. The maximum absolute atomic E-state index is 13.5. The van der Waals surface area contributed by atoms with Gasteiger partial charge in [0.15, 0.2) is 11.6 Å². The number of anilines is 4. The average molecular weight is 1360 g/mol. The molecule has 8 aromatic rings. The van der Waals surface area contributed by atoms with E-state index in [2.05, 4.69) is 58.4 Å². The van der Waals surface area contributed by atoms with Crippen molar-refractivity contribution in [1.29, 1.82) is 0 Å². The molecule has 0 bridgehead atoms. The van der Waals surface area contributed by atoms with E-state index in [-0.39, 0.29) is 47.0 Å². The predicted octanol–water partition coefficient (Wildman–Crippen LogP) is 13.9. The zero-order chi connectivity index (χ0) is 69.5. The fourth-order valence-corrected chi connectivity index (χ4v) is 11.4. The van der Waals surface area contributed by atoms with Gasteiger partial charge in [0.1, 0.15) is 0 Å². The molecule has 0 saturated heterocycles. The summed E-state index contributed by atoms with van der Waals surface area (Å²) < 4.78 is 163. The summed E-state index contributed by atoms with van der Waals surface area (Å²) in [5.74, 6) is -0.826. The number of amides is 3. The molecule has 7 N–H and O–H groups in total. The summed E-state index contributed by atoms with van der Waals surface area (Å²) in [4.78, 5) is 64.6. The molecule has 0 atom stereocenters.